The Morgan fingerprint density at radius 1 is 1.29 bits per heavy atom. The Kier molecular flexibility index (Phi) is 5.66. The van der Waals surface area contributed by atoms with Crippen LogP contribution in [0.3, 0.4) is 0 Å². The molecule has 2 rings (SSSR count). The fourth-order valence-corrected chi connectivity index (χ4v) is 3.19. The summed E-state index contributed by atoms with van der Waals surface area (Å²) in [5.41, 5.74) is 0.951. The molecule has 0 amide bonds. The van der Waals surface area contributed by atoms with E-state index in [1.165, 1.54) is 12.8 Å². The number of esters is 1. The predicted molar refractivity (Wildman–Crippen MR) is 86.2 cm³/mol. The van der Waals surface area contributed by atoms with E-state index in [0.29, 0.717) is 17.8 Å². The largest absolute Gasteiger partial charge is 0.461 e. The van der Waals surface area contributed by atoms with Crippen molar-refractivity contribution >= 4 is 11.7 Å². The number of nitrogens with one attached hydrogen (secondary N) is 1. The molecule has 3 nitrogen and oxygen atoms in total. The molecule has 21 heavy (non-hydrogen) atoms. The van der Waals surface area contributed by atoms with Gasteiger partial charge < -0.3 is 10.1 Å². The monoisotopic (exact) mass is 289 g/mol. The average Bonchev–Trinajstić information content (AvgIpc) is 2.46. The van der Waals surface area contributed by atoms with Crippen LogP contribution in [0, 0.1) is 17.8 Å². The summed E-state index contributed by atoms with van der Waals surface area (Å²) in [4.78, 5) is 12.1. The molecule has 3 heteroatoms. The van der Waals surface area contributed by atoms with Crippen molar-refractivity contribution < 1.29 is 9.53 Å². The Morgan fingerprint density at radius 3 is 2.67 bits per heavy atom. The number of para-hydroxylation sites is 1. The highest BCUT2D eigenvalue weighted by molar-refractivity contribution is 5.75. The number of benzene rings is 1. The van der Waals surface area contributed by atoms with Crippen molar-refractivity contribution in [1.82, 2.24) is 0 Å². The van der Waals surface area contributed by atoms with Crippen LogP contribution in [0.4, 0.5) is 5.69 Å². The predicted octanol–water partition coefficient (Wildman–Crippen LogP) is 4.10. The number of anilines is 1. The topological polar surface area (TPSA) is 38.3 Å². The van der Waals surface area contributed by atoms with Crippen LogP contribution in [-0.4, -0.2) is 18.6 Å². The van der Waals surface area contributed by atoms with Gasteiger partial charge in [0.15, 0.2) is 0 Å². The van der Waals surface area contributed by atoms with Crippen LogP contribution < -0.4 is 5.32 Å². The zero-order chi connectivity index (χ0) is 15.2. The second-order valence-corrected chi connectivity index (χ2v) is 6.57. The number of carbonyl (C=O) groups excluding carboxylic acids is 1. The number of hydrogen-bond acceptors (Lipinski definition) is 3. The van der Waals surface area contributed by atoms with Gasteiger partial charge in [0.1, 0.15) is 12.6 Å². The van der Waals surface area contributed by atoms with Crippen molar-refractivity contribution in [1.29, 1.82) is 0 Å². The summed E-state index contributed by atoms with van der Waals surface area (Å²) in [6.45, 7) is 6.94. The molecule has 1 aliphatic carbocycles. The summed E-state index contributed by atoms with van der Waals surface area (Å²) in [6, 6.07) is 9.76. The molecule has 3 atom stereocenters. The second-order valence-electron chi connectivity index (χ2n) is 6.57. The van der Waals surface area contributed by atoms with Crippen LogP contribution >= 0.6 is 0 Å². The molecule has 1 aliphatic rings. The highest BCUT2D eigenvalue weighted by atomic mass is 16.5. The summed E-state index contributed by atoms with van der Waals surface area (Å²) in [5, 5.41) is 3.11. The Hall–Kier alpha value is -1.51. The van der Waals surface area contributed by atoms with E-state index in [1.54, 1.807) is 0 Å². The molecule has 116 valence electrons. The molecule has 1 aromatic rings. The third-order valence-corrected chi connectivity index (χ3v) is 4.45. The minimum absolute atomic E-state index is 0.0822. The summed E-state index contributed by atoms with van der Waals surface area (Å²) < 4.78 is 5.76. The van der Waals surface area contributed by atoms with Crippen molar-refractivity contribution in [2.45, 2.75) is 46.1 Å². The van der Waals surface area contributed by atoms with Crippen molar-refractivity contribution in [2.75, 3.05) is 11.9 Å². The standard InChI is InChI=1S/C18H27NO2/c1-13(2)16-10-9-14(3)11-17(16)21-18(20)12-19-15-7-5-4-6-8-15/h4-8,13-14,16-17,19H,9-12H2,1-3H3/t14-,16+,17-/m1/s1. The third kappa shape index (κ3) is 4.76. The Balaban J connectivity index is 1.85. The Labute approximate surface area is 128 Å². The minimum Gasteiger partial charge on any atom is -0.461 e. The maximum Gasteiger partial charge on any atom is 0.325 e. The lowest BCUT2D eigenvalue weighted by Crippen LogP contribution is -2.37. The molecule has 0 aliphatic heterocycles. The van der Waals surface area contributed by atoms with E-state index in [4.69, 9.17) is 4.74 Å². The highest BCUT2D eigenvalue weighted by Gasteiger charge is 2.33. The Bertz CT molecular complexity index is 444. The van der Waals surface area contributed by atoms with Crippen molar-refractivity contribution in [3.8, 4) is 0 Å². The summed E-state index contributed by atoms with van der Waals surface area (Å²) in [7, 11) is 0. The van der Waals surface area contributed by atoms with Crippen LogP contribution in [0.2, 0.25) is 0 Å². The molecule has 0 unspecified atom stereocenters. The van der Waals surface area contributed by atoms with Crippen molar-refractivity contribution in [3.05, 3.63) is 30.3 Å². The maximum absolute atomic E-state index is 12.1. The molecule has 1 aromatic carbocycles. The van der Waals surface area contributed by atoms with E-state index in [0.717, 1.165) is 12.1 Å². The first-order valence-electron chi connectivity index (χ1n) is 8.04. The van der Waals surface area contributed by atoms with Crippen LogP contribution in [0.1, 0.15) is 40.0 Å². The molecule has 0 heterocycles. The second kappa shape index (κ2) is 7.48. The Morgan fingerprint density at radius 2 is 2.00 bits per heavy atom. The lowest BCUT2D eigenvalue weighted by molar-refractivity contribution is -0.153. The lowest BCUT2D eigenvalue weighted by Gasteiger charge is -2.36. The number of carbonyl (C=O) groups is 1. The SMILES string of the molecule is CC(C)[C@@H]1CC[C@@H](C)C[C@H]1OC(=O)CNc1ccccc1. The van der Waals surface area contributed by atoms with Crippen molar-refractivity contribution in [3.63, 3.8) is 0 Å². The van der Waals surface area contributed by atoms with Gasteiger partial charge in [0.2, 0.25) is 0 Å². The number of ether oxygens (including phenoxy) is 1. The quantitative estimate of drug-likeness (QED) is 0.829. The zero-order valence-electron chi connectivity index (χ0n) is 13.3. The van der Waals surface area contributed by atoms with Gasteiger partial charge in [-0.1, -0.05) is 45.4 Å². The molecule has 0 radical (unpaired) electrons. The van der Waals surface area contributed by atoms with Crippen molar-refractivity contribution in [2.24, 2.45) is 17.8 Å². The summed E-state index contributed by atoms with van der Waals surface area (Å²) in [5.74, 6) is 1.57. The first kappa shape index (κ1) is 15.9. The third-order valence-electron chi connectivity index (χ3n) is 4.45. The lowest BCUT2D eigenvalue weighted by atomic mass is 9.75. The molecular formula is C18H27NO2. The first-order chi connectivity index (χ1) is 10.1. The van der Waals surface area contributed by atoms with Gasteiger partial charge in [-0.2, -0.15) is 0 Å². The van der Waals surface area contributed by atoms with E-state index in [1.807, 2.05) is 30.3 Å². The van der Waals surface area contributed by atoms with Gasteiger partial charge in [-0.05, 0) is 42.7 Å². The zero-order valence-corrected chi connectivity index (χ0v) is 13.3. The van der Waals surface area contributed by atoms with Gasteiger partial charge in [-0.3, -0.25) is 4.79 Å². The molecule has 0 saturated heterocycles. The fraction of sp³-hybridized carbons (Fsp3) is 0.611. The van der Waals surface area contributed by atoms with Gasteiger partial charge >= 0.3 is 5.97 Å². The molecule has 1 saturated carbocycles. The van der Waals surface area contributed by atoms with E-state index in [9.17, 15) is 4.79 Å². The maximum atomic E-state index is 12.1. The average molecular weight is 289 g/mol. The first-order valence-corrected chi connectivity index (χ1v) is 8.04. The highest BCUT2D eigenvalue weighted by Crippen LogP contribution is 2.35. The summed E-state index contributed by atoms with van der Waals surface area (Å²) in [6.07, 6.45) is 3.50. The molecular weight excluding hydrogens is 262 g/mol. The summed E-state index contributed by atoms with van der Waals surface area (Å²) >= 11 is 0. The normalized spacial score (nSPS) is 25.6. The van der Waals surface area contributed by atoms with Gasteiger partial charge in [-0.25, -0.2) is 0 Å². The smallest absolute Gasteiger partial charge is 0.325 e. The molecule has 1 fully saturated rings. The molecule has 0 spiro atoms. The molecule has 0 bridgehead atoms. The van der Waals surface area contributed by atoms with Crippen LogP contribution in [-0.2, 0) is 9.53 Å². The number of hydrogen-bond donors (Lipinski definition) is 1. The van der Waals surface area contributed by atoms with Gasteiger partial charge in [0.25, 0.3) is 0 Å². The van der Waals surface area contributed by atoms with E-state index in [-0.39, 0.29) is 18.6 Å². The van der Waals surface area contributed by atoms with Crippen LogP contribution in [0.5, 0.6) is 0 Å². The minimum atomic E-state index is -0.149. The number of rotatable bonds is 5. The molecule has 1 N–H and O–H groups in total. The van der Waals surface area contributed by atoms with Crippen LogP contribution in [0.15, 0.2) is 30.3 Å². The van der Waals surface area contributed by atoms with Gasteiger partial charge in [0, 0.05) is 5.69 Å². The molecule has 0 aromatic heterocycles. The van der Waals surface area contributed by atoms with E-state index < -0.39 is 0 Å². The van der Waals surface area contributed by atoms with Gasteiger partial charge in [-0.15, -0.1) is 0 Å². The van der Waals surface area contributed by atoms with E-state index in [2.05, 4.69) is 26.1 Å². The van der Waals surface area contributed by atoms with Crippen LogP contribution in [0.25, 0.3) is 0 Å². The van der Waals surface area contributed by atoms with Gasteiger partial charge in [0.05, 0.1) is 0 Å². The fourth-order valence-electron chi connectivity index (χ4n) is 3.19. The van der Waals surface area contributed by atoms with E-state index >= 15 is 0 Å².